The van der Waals surface area contributed by atoms with Crippen LogP contribution in [0.2, 0.25) is 0 Å². The lowest BCUT2D eigenvalue weighted by Crippen LogP contribution is -2.57. The number of morpholine rings is 1. The maximum atomic E-state index is 12.7. The zero-order valence-electron chi connectivity index (χ0n) is 14.4. The van der Waals surface area contributed by atoms with Gasteiger partial charge in [0.25, 0.3) is 0 Å². The fourth-order valence-corrected chi connectivity index (χ4v) is 4.01. The summed E-state index contributed by atoms with van der Waals surface area (Å²) in [6.45, 7) is 1.70. The molecule has 2 N–H and O–H groups in total. The first-order valence-corrected chi connectivity index (χ1v) is 8.77. The molecule has 26 heavy (non-hydrogen) atoms. The minimum atomic E-state index is -4.76. The second kappa shape index (κ2) is 8.78. The maximum absolute atomic E-state index is 12.7. The molecule has 1 aromatic carbocycles. The normalized spacial score (nSPS) is 23.9. The number of rotatable bonds is 5. The van der Waals surface area contributed by atoms with Crippen LogP contribution in [0.5, 0.6) is 5.75 Å². The van der Waals surface area contributed by atoms with Crippen molar-refractivity contribution < 1.29 is 27.8 Å². The number of hydrogen-bond acceptors (Lipinski definition) is 4. The van der Waals surface area contributed by atoms with Crippen LogP contribution < -0.4 is 10.1 Å². The molecule has 1 aromatic rings. The van der Waals surface area contributed by atoms with Crippen LogP contribution >= 0.6 is 12.4 Å². The molecule has 2 unspecified atom stereocenters. The molecule has 2 aliphatic rings. The third-order valence-corrected chi connectivity index (χ3v) is 5.22. The van der Waals surface area contributed by atoms with E-state index in [4.69, 9.17) is 4.74 Å². The van der Waals surface area contributed by atoms with Crippen molar-refractivity contribution >= 4 is 12.4 Å². The standard InChI is InChI=1S/C18H24F3NO3.ClH/c19-18(20,21)25-15-8-4-1-5-13(15)11-17(23,14-6-2-3-7-14)16-12-22-9-10-24-16;/h1,4-5,8,14,16,22-23H,2-3,6-7,9-12H2;1H. The molecule has 1 saturated heterocycles. The van der Waals surface area contributed by atoms with Gasteiger partial charge in [0, 0.05) is 19.5 Å². The molecule has 0 aromatic heterocycles. The first kappa shape index (κ1) is 21.3. The molecule has 0 radical (unpaired) electrons. The van der Waals surface area contributed by atoms with Crippen LogP contribution in [0.25, 0.3) is 0 Å². The highest BCUT2D eigenvalue weighted by Gasteiger charge is 2.46. The summed E-state index contributed by atoms with van der Waals surface area (Å²) in [6.07, 6.45) is -1.36. The van der Waals surface area contributed by atoms with E-state index in [1.807, 2.05) is 0 Å². The Kier molecular flexibility index (Phi) is 7.19. The third kappa shape index (κ3) is 5.03. The van der Waals surface area contributed by atoms with Gasteiger partial charge in [-0.15, -0.1) is 25.6 Å². The lowest BCUT2D eigenvalue weighted by Gasteiger charge is -2.43. The Hall–Kier alpha value is -1.02. The number of aliphatic hydroxyl groups is 1. The van der Waals surface area contributed by atoms with Crippen molar-refractivity contribution in [2.75, 3.05) is 19.7 Å². The molecule has 4 nitrogen and oxygen atoms in total. The van der Waals surface area contributed by atoms with E-state index in [-0.39, 0.29) is 30.5 Å². The molecule has 1 aliphatic heterocycles. The third-order valence-electron chi connectivity index (χ3n) is 5.22. The summed E-state index contributed by atoms with van der Waals surface area (Å²) in [4.78, 5) is 0. The van der Waals surface area contributed by atoms with Crippen molar-refractivity contribution in [3.63, 3.8) is 0 Å². The molecule has 8 heteroatoms. The molecular weight excluding hydrogens is 371 g/mol. The fourth-order valence-electron chi connectivity index (χ4n) is 4.01. The van der Waals surface area contributed by atoms with Crippen LogP contribution in [0.15, 0.2) is 24.3 Å². The molecule has 1 aliphatic carbocycles. The maximum Gasteiger partial charge on any atom is 0.573 e. The average Bonchev–Trinajstić information content (AvgIpc) is 3.11. The highest BCUT2D eigenvalue weighted by atomic mass is 35.5. The molecule has 1 saturated carbocycles. The van der Waals surface area contributed by atoms with Crippen molar-refractivity contribution in [1.29, 1.82) is 0 Å². The highest BCUT2D eigenvalue weighted by molar-refractivity contribution is 5.85. The average molecular weight is 396 g/mol. The van der Waals surface area contributed by atoms with Gasteiger partial charge in [0.2, 0.25) is 0 Å². The monoisotopic (exact) mass is 395 g/mol. The molecule has 1 heterocycles. The number of halogens is 4. The minimum Gasteiger partial charge on any atom is -0.406 e. The van der Waals surface area contributed by atoms with Gasteiger partial charge >= 0.3 is 6.36 Å². The number of para-hydroxylation sites is 1. The zero-order valence-corrected chi connectivity index (χ0v) is 15.2. The van der Waals surface area contributed by atoms with Crippen LogP contribution in [0.4, 0.5) is 13.2 Å². The Bertz CT molecular complexity index is 575. The van der Waals surface area contributed by atoms with E-state index in [0.717, 1.165) is 25.7 Å². The van der Waals surface area contributed by atoms with Crippen molar-refractivity contribution in [2.45, 2.75) is 50.2 Å². The van der Waals surface area contributed by atoms with Gasteiger partial charge in [-0.25, -0.2) is 0 Å². The molecule has 0 spiro atoms. The summed E-state index contributed by atoms with van der Waals surface area (Å²) >= 11 is 0. The van der Waals surface area contributed by atoms with Crippen LogP contribution in [-0.2, 0) is 11.2 Å². The van der Waals surface area contributed by atoms with Gasteiger partial charge in [0.05, 0.1) is 18.3 Å². The summed E-state index contributed by atoms with van der Waals surface area (Å²) in [6, 6.07) is 6.03. The molecular formula is C18H25ClF3NO3. The summed E-state index contributed by atoms with van der Waals surface area (Å²) in [5.41, 5.74) is -0.863. The molecule has 3 rings (SSSR count). The second-order valence-corrected chi connectivity index (χ2v) is 6.87. The highest BCUT2D eigenvalue weighted by Crippen LogP contribution is 2.41. The van der Waals surface area contributed by atoms with Gasteiger partial charge in [-0.05, 0) is 30.4 Å². The lowest BCUT2D eigenvalue weighted by atomic mass is 9.76. The van der Waals surface area contributed by atoms with Gasteiger partial charge in [-0.3, -0.25) is 0 Å². The molecule has 148 valence electrons. The number of benzene rings is 1. The first-order chi connectivity index (χ1) is 11.9. The van der Waals surface area contributed by atoms with E-state index in [1.54, 1.807) is 12.1 Å². The van der Waals surface area contributed by atoms with E-state index in [1.165, 1.54) is 12.1 Å². The number of nitrogens with one attached hydrogen (secondary N) is 1. The molecule has 0 amide bonds. The van der Waals surface area contributed by atoms with Crippen LogP contribution in [0.1, 0.15) is 31.2 Å². The first-order valence-electron chi connectivity index (χ1n) is 8.77. The van der Waals surface area contributed by atoms with Crippen LogP contribution in [-0.4, -0.2) is 42.9 Å². The van der Waals surface area contributed by atoms with Gasteiger partial charge in [0.1, 0.15) is 5.75 Å². The van der Waals surface area contributed by atoms with Crippen molar-refractivity contribution in [3.8, 4) is 5.75 Å². The van der Waals surface area contributed by atoms with Gasteiger partial charge < -0.3 is 19.9 Å². The predicted molar refractivity (Wildman–Crippen MR) is 93.6 cm³/mol. The van der Waals surface area contributed by atoms with E-state index < -0.39 is 18.1 Å². The fraction of sp³-hybridized carbons (Fsp3) is 0.667. The summed E-state index contributed by atoms with van der Waals surface area (Å²) in [7, 11) is 0. The summed E-state index contributed by atoms with van der Waals surface area (Å²) < 4.78 is 48.0. The topological polar surface area (TPSA) is 50.7 Å². The Morgan fingerprint density at radius 2 is 1.88 bits per heavy atom. The van der Waals surface area contributed by atoms with Crippen molar-refractivity contribution in [3.05, 3.63) is 29.8 Å². The van der Waals surface area contributed by atoms with E-state index in [9.17, 15) is 18.3 Å². The Morgan fingerprint density at radius 1 is 1.19 bits per heavy atom. The second-order valence-electron chi connectivity index (χ2n) is 6.87. The predicted octanol–water partition coefficient (Wildman–Crippen LogP) is 3.46. The molecule has 0 bridgehead atoms. The van der Waals surface area contributed by atoms with Gasteiger partial charge in [0.15, 0.2) is 0 Å². The van der Waals surface area contributed by atoms with Crippen molar-refractivity contribution in [2.24, 2.45) is 5.92 Å². The lowest BCUT2D eigenvalue weighted by molar-refractivity contribution is -0.275. The quantitative estimate of drug-likeness (QED) is 0.801. The smallest absolute Gasteiger partial charge is 0.406 e. The minimum absolute atomic E-state index is 0. The Balaban J connectivity index is 0.00000243. The SMILES string of the molecule is Cl.OC(Cc1ccccc1OC(F)(F)F)(C1CCCC1)C1CNCCO1. The zero-order chi connectivity index (χ0) is 17.9. The summed E-state index contributed by atoms with van der Waals surface area (Å²) in [5, 5.41) is 14.7. The number of alkyl halides is 3. The van der Waals surface area contributed by atoms with Gasteiger partial charge in [-0.1, -0.05) is 31.0 Å². The largest absolute Gasteiger partial charge is 0.573 e. The van der Waals surface area contributed by atoms with Crippen molar-refractivity contribution in [1.82, 2.24) is 5.32 Å². The molecule has 2 fully saturated rings. The molecule has 2 atom stereocenters. The van der Waals surface area contributed by atoms with E-state index in [0.29, 0.717) is 25.3 Å². The summed E-state index contributed by atoms with van der Waals surface area (Å²) in [5.74, 6) is -0.244. The van der Waals surface area contributed by atoms with E-state index >= 15 is 0 Å². The van der Waals surface area contributed by atoms with Gasteiger partial charge in [-0.2, -0.15) is 0 Å². The van der Waals surface area contributed by atoms with E-state index in [2.05, 4.69) is 10.1 Å². The van der Waals surface area contributed by atoms with Crippen LogP contribution in [0, 0.1) is 5.92 Å². The Morgan fingerprint density at radius 3 is 2.50 bits per heavy atom. The number of hydrogen-bond donors (Lipinski definition) is 2. The Labute approximate surface area is 157 Å². The van der Waals surface area contributed by atoms with Crippen LogP contribution in [0.3, 0.4) is 0 Å². The number of ether oxygens (including phenoxy) is 2.